The van der Waals surface area contributed by atoms with Gasteiger partial charge in [-0.1, -0.05) is 17.7 Å². The standard InChI is InChI=1S/C13H14ClN3S.ClH/c14-11-2-1-10-7-17(4-3-9(10)5-11)8-12-6-16-13(15)18-12;/h1-2,5-6H,3-4,7-8H2,(H2,15,16);1H. The van der Waals surface area contributed by atoms with Crippen LogP contribution in [0.1, 0.15) is 16.0 Å². The van der Waals surface area contributed by atoms with Gasteiger partial charge in [-0.25, -0.2) is 4.98 Å². The highest BCUT2D eigenvalue weighted by atomic mass is 35.5. The lowest BCUT2D eigenvalue weighted by atomic mass is 10.00. The lowest BCUT2D eigenvalue weighted by Gasteiger charge is -2.28. The number of fused-ring (bicyclic) bond motifs is 1. The van der Waals surface area contributed by atoms with Gasteiger partial charge in [0, 0.05) is 35.7 Å². The molecule has 0 saturated heterocycles. The summed E-state index contributed by atoms with van der Waals surface area (Å²) in [7, 11) is 0. The van der Waals surface area contributed by atoms with E-state index in [1.807, 2.05) is 12.3 Å². The highest BCUT2D eigenvalue weighted by molar-refractivity contribution is 7.15. The van der Waals surface area contributed by atoms with Crippen molar-refractivity contribution in [3.8, 4) is 0 Å². The fourth-order valence-electron chi connectivity index (χ4n) is 2.33. The van der Waals surface area contributed by atoms with Crippen LogP contribution in [0, 0.1) is 0 Å². The van der Waals surface area contributed by atoms with Crippen LogP contribution in [-0.2, 0) is 19.5 Å². The Morgan fingerprint density at radius 1 is 1.37 bits per heavy atom. The molecule has 1 aliphatic heterocycles. The fourth-order valence-corrected chi connectivity index (χ4v) is 3.25. The van der Waals surface area contributed by atoms with Crippen LogP contribution in [0.15, 0.2) is 24.4 Å². The van der Waals surface area contributed by atoms with E-state index < -0.39 is 0 Å². The van der Waals surface area contributed by atoms with Crippen LogP contribution in [0.25, 0.3) is 0 Å². The van der Waals surface area contributed by atoms with Gasteiger partial charge in [0.25, 0.3) is 0 Å². The molecule has 0 bridgehead atoms. The van der Waals surface area contributed by atoms with Gasteiger partial charge in [0.05, 0.1) is 0 Å². The van der Waals surface area contributed by atoms with Crippen LogP contribution in [0.4, 0.5) is 5.13 Å². The van der Waals surface area contributed by atoms with E-state index in [1.54, 1.807) is 11.3 Å². The molecule has 19 heavy (non-hydrogen) atoms. The van der Waals surface area contributed by atoms with Gasteiger partial charge in [0.2, 0.25) is 0 Å². The first-order chi connectivity index (χ1) is 8.70. The summed E-state index contributed by atoms with van der Waals surface area (Å²) in [4.78, 5) is 7.74. The molecule has 102 valence electrons. The van der Waals surface area contributed by atoms with Crippen molar-refractivity contribution >= 4 is 40.5 Å². The highest BCUT2D eigenvalue weighted by Gasteiger charge is 2.17. The summed E-state index contributed by atoms with van der Waals surface area (Å²) in [6, 6.07) is 6.18. The fraction of sp³-hybridized carbons (Fsp3) is 0.308. The maximum Gasteiger partial charge on any atom is 0.180 e. The summed E-state index contributed by atoms with van der Waals surface area (Å²) in [5.74, 6) is 0. The van der Waals surface area contributed by atoms with E-state index in [9.17, 15) is 0 Å². The van der Waals surface area contributed by atoms with E-state index in [0.29, 0.717) is 5.13 Å². The number of anilines is 1. The molecule has 6 heteroatoms. The molecule has 2 aromatic rings. The zero-order valence-corrected chi connectivity index (χ0v) is 12.7. The van der Waals surface area contributed by atoms with E-state index in [2.05, 4.69) is 22.0 Å². The molecule has 2 heterocycles. The number of halogens is 2. The van der Waals surface area contributed by atoms with Gasteiger partial charge in [-0.3, -0.25) is 4.90 Å². The van der Waals surface area contributed by atoms with Crippen molar-refractivity contribution in [1.82, 2.24) is 9.88 Å². The van der Waals surface area contributed by atoms with Crippen molar-refractivity contribution in [2.75, 3.05) is 12.3 Å². The minimum atomic E-state index is 0. The maximum atomic E-state index is 6.01. The molecule has 1 aliphatic rings. The van der Waals surface area contributed by atoms with Crippen LogP contribution in [-0.4, -0.2) is 16.4 Å². The largest absolute Gasteiger partial charge is 0.375 e. The number of thiazole rings is 1. The third-order valence-corrected chi connectivity index (χ3v) is 4.26. The van der Waals surface area contributed by atoms with Gasteiger partial charge in [-0.15, -0.1) is 23.7 Å². The Hall–Kier alpha value is -0.810. The topological polar surface area (TPSA) is 42.1 Å². The summed E-state index contributed by atoms with van der Waals surface area (Å²) >= 11 is 7.58. The van der Waals surface area contributed by atoms with Crippen molar-refractivity contribution in [3.63, 3.8) is 0 Å². The minimum absolute atomic E-state index is 0. The summed E-state index contributed by atoms with van der Waals surface area (Å²) in [6.45, 7) is 2.96. The van der Waals surface area contributed by atoms with Crippen molar-refractivity contribution in [2.45, 2.75) is 19.5 Å². The lowest BCUT2D eigenvalue weighted by molar-refractivity contribution is 0.247. The first kappa shape index (κ1) is 14.6. The minimum Gasteiger partial charge on any atom is -0.375 e. The number of nitrogens with two attached hydrogens (primary N) is 1. The third kappa shape index (κ3) is 3.39. The summed E-state index contributed by atoms with van der Waals surface area (Å²) in [6.07, 6.45) is 2.93. The van der Waals surface area contributed by atoms with Crippen LogP contribution >= 0.6 is 35.3 Å². The van der Waals surface area contributed by atoms with Gasteiger partial charge in [-0.2, -0.15) is 0 Å². The molecule has 0 atom stereocenters. The normalized spacial score (nSPS) is 14.8. The Labute approximate surface area is 127 Å². The molecule has 2 N–H and O–H groups in total. The Balaban J connectivity index is 0.00000133. The smallest absolute Gasteiger partial charge is 0.180 e. The van der Waals surface area contributed by atoms with E-state index in [4.69, 9.17) is 17.3 Å². The van der Waals surface area contributed by atoms with Crippen LogP contribution in [0.5, 0.6) is 0 Å². The molecule has 1 aromatic heterocycles. The Bertz CT molecular complexity index is 571. The summed E-state index contributed by atoms with van der Waals surface area (Å²) in [5.41, 5.74) is 8.41. The molecule has 0 spiro atoms. The van der Waals surface area contributed by atoms with Crippen LogP contribution in [0.3, 0.4) is 0 Å². The molecular formula is C13H15Cl2N3S. The Morgan fingerprint density at radius 3 is 2.95 bits per heavy atom. The third-order valence-electron chi connectivity index (χ3n) is 3.21. The van der Waals surface area contributed by atoms with Crippen molar-refractivity contribution in [2.24, 2.45) is 0 Å². The van der Waals surface area contributed by atoms with Gasteiger partial charge in [0.1, 0.15) is 0 Å². The summed E-state index contributed by atoms with van der Waals surface area (Å²) < 4.78 is 0. The SMILES string of the molecule is Cl.Nc1ncc(CN2CCc3cc(Cl)ccc3C2)s1. The molecular weight excluding hydrogens is 301 g/mol. The molecule has 0 amide bonds. The number of rotatable bonds is 2. The van der Waals surface area contributed by atoms with Gasteiger partial charge in [-0.05, 0) is 29.7 Å². The number of hydrogen-bond donors (Lipinski definition) is 1. The zero-order valence-electron chi connectivity index (χ0n) is 10.3. The molecule has 0 radical (unpaired) electrons. The molecule has 3 nitrogen and oxygen atoms in total. The molecule has 3 rings (SSSR count). The van der Waals surface area contributed by atoms with E-state index in [-0.39, 0.29) is 12.4 Å². The number of nitrogens with zero attached hydrogens (tertiary/aromatic N) is 2. The molecule has 0 aliphatic carbocycles. The number of benzene rings is 1. The monoisotopic (exact) mass is 315 g/mol. The second kappa shape index (κ2) is 6.09. The van der Waals surface area contributed by atoms with Crippen LogP contribution < -0.4 is 5.73 Å². The van der Waals surface area contributed by atoms with Gasteiger partial charge >= 0.3 is 0 Å². The first-order valence-corrected chi connectivity index (χ1v) is 7.10. The second-order valence-corrected chi connectivity index (χ2v) is 6.12. The highest BCUT2D eigenvalue weighted by Crippen LogP contribution is 2.25. The van der Waals surface area contributed by atoms with E-state index in [0.717, 1.165) is 31.1 Å². The Kier molecular flexibility index (Phi) is 4.68. The second-order valence-electron chi connectivity index (χ2n) is 4.54. The number of hydrogen-bond acceptors (Lipinski definition) is 4. The quantitative estimate of drug-likeness (QED) is 0.924. The van der Waals surface area contributed by atoms with E-state index >= 15 is 0 Å². The van der Waals surface area contributed by atoms with Gasteiger partial charge < -0.3 is 5.73 Å². The molecule has 0 unspecified atom stereocenters. The number of nitrogen functional groups attached to an aromatic ring is 1. The predicted molar refractivity (Wildman–Crippen MR) is 83.0 cm³/mol. The maximum absolute atomic E-state index is 6.01. The zero-order chi connectivity index (χ0) is 12.5. The van der Waals surface area contributed by atoms with Crippen molar-refractivity contribution in [1.29, 1.82) is 0 Å². The molecule has 1 aromatic carbocycles. The average Bonchev–Trinajstić information content (AvgIpc) is 2.75. The Morgan fingerprint density at radius 2 is 2.21 bits per heavy atom. The lowest BCUT2D eigenvalue weighted by Crippen LogP contribution is -2.29. The molecule has 0 saturated carbocycles. The summed E-state index contributed by atoms with van der Waals surface area (Å²) in [5, 5.41) is 1.48. The van der Waals surface area contributed by atoms with Crippen LogP contribution in [0.2, 0.25) is 5.02 Å². The van der Waals surface area contributed by atoms with Gasteiger partial charge in [0.15, 0.2) is 5.13 Å². The van der Waals surface area contributed by atoms with Crippen molar-refractivity contribution in [3.05, 3.63) is 45.4 Å². The first-order valence-electron chi connectivity index (χ1n) is 5.90. The van der Waals surface area contributed by atoms with E-state index in [1.165, 1.54) is 16.0 Å². The van der Waals surface area contributed by atoms with Crippen molar-refractivity contribution < 1.29 is 0 Å². The predicted octanol–water partition coefficient (Wildman–Crippen LogP) is 3.36. The molecule has 0 fully saturated rings. The average molecular weight is 316 g/mol. The number of aromatic nitrogens is 1.